The summed E-state index contributed by atoms with van der Waals surface area (Å²) in [7, 11) is 2.05. The molecule has 0 radical (unpaired) electrons. The van der Waals surface area contributed by atoms with Crippen molar-refractivity contribution in [3.05, 3.63) is 102 Å². The molecule has 1 N–H and O–H groups in total. The second-order valence-electron chi connectivity index (χ2n) is 6.99. The standard InChI is InChI=1S/C25H22N4O/c1-29(18-19-7-3-2-4-8-19)22-14-11-20(12-15-22)28-25(30)16-13-21-17-26-23-9-5-6-10-24(23)27-21/h2-17H,18H2,1H3,(H,28,30). The number of nitrogens with one attached hydrogen (secondary N) is 1. The van der Waals surface area contributed by atoms with Crippen molar-refractivity contribution in [2.24, 2.45) is 0 Å². The van der Waals surface area contributed by atoms with Gasteiger partial charge in [0.1, 0.15) is 0 Å². The highest BCUT2D eigenvalue weighted by Crippen LogP contribution is 2.19. The predicted molar refractivity (Wildman–Crippen MR) is 122 cm³/mol. The zero-order valence-corrected chi connectivity index (χ0v) is 16.7. The Morgan fingerprint density at radius 1 is 0.933 bits per heavy atom. The molecule has 5 heteroatoms. The highest BCUT2D eigenvalue weighted by atomic mass is 16.1. The van der Waals surface area contributed by atoms with Crippen molar-refractivity contribution in [3.63, 3.8) is 0 Å². The number of rotatable bonds is 6. The second kappa shape index (κ2) is 9.01. The Morgan fingerprint density at radius 2 is 1.63 bits per heavy atom. The zero-order valence-electron chi connectivity index (χ0n) is 16.7. The van der Waals surface area contributed by atoms with Crippen LogP contribution in [-0.2, 0) is 11.3 Å². The number of nitrogens with zero attached hydrogens (tertiary/aromatic N) is 3. The molecule has 1 heterocycles. The van der Waals surface area contributed by atoms with Crippen LogP contribution in [-0.4, -0.2) is 22.9 Å². The summed E-state index contributed by atoms with van der Waals surface area (Å²) in [6.45, 7) is 0.822. The fraction of sp³-hybridized carbons (Fsp3) is 0.0800. The molecule has 0 fully saturated rings. The van der Waals surface area contributed by atoms with Gasteiger partial charge in [-0.25, -0.2) is 4.98 Å². The van der Waals surface area contributed by atoms with Gasteiger partial charge < -0.3 is 10.2 Å². The highest BCUT2D eigenvalue weighted by Gasteiger charge is 2.04. The first-order valence-electron chi connectivity index (χ1n) is 9.73. The van der Waals surface area contributed by atoms with E-state index in [1.165, 1.54) is 11.6 Å². The van der Waals surface area contributed by atoms with E-state index >= 15 is 0 Å². The molecule has 0 saturated heterocycles. The third kappa shape index (κ3) is 4.89. The number of carbonyl (C=O) groups is 1. The van der Waals surface area contributed by atoms with Gasteiger partial charge in [0.15, 0.2) is 0 Å². The second-order valence-corrected chi connectivity index (χ2v) is 6.99. The molecule has 0 aliphatic rings. The summed E-state index contributed by atoms with van der Waals surface area (Å²) in [5.74, 6) is -0.213. The average molecular weight is 394 g/mol. The molecule has 148 valence electrons. The summed E-state index contributed by atoms with van der Waals surface area (Å²) < 4.78 is 0. The van der Waals surface area contributed by atoms with Crippen LogP contribution in [0, 0.1) is 0 Å². The molecule has 0 bridgehead atoms. The quantitative estimate of drug-likeness (QED) is 0.472. The lowest BCUT2D eigenvalue weighted by molar-refractivity contribution is -0.111. The monoisotopic (exact) mass is 394 g/mol. The summed E-state index contributed by atoms with van der Waals surface area (Å²) in [4.78, 5) is 23.3. The molecule has 0 saturated carbocycles. The molecule has 4 aromatic rings. The summed E-state index contributed by atoms with van der Waals surface area (Å²) in [6.07, 6.45) is 4.79. The van der Waals surface area contributed by atoms with Crippen LogP contribution in [0.25, 0.3) is 17.1 Å². The maximum Gasteiger partial charge on any atom is 0.248 e. The Morgan fingerprint density at radius 3 is 2.40 bits per heavy atom. The van der Waals surface area contributed by atoms with Crippen molar-refractivity contribution >= 4 is 34.4 Å². The Hall–Kier alpha value is -3.99. The van der Waals surface area contributed by atoms with Crippen molar-refractivity contribution in [1.29, 1.82) is 0 Å². The molecule has 0 aliphatic carbocycles. The first-order chi connectivity index (χ1) is 14.7. The van der Waals surface area contributed by atoms with Gasteiger partial charge in [0.05, 0.1) is 22.9 Å². The van der Waals surface area contributed by atoms with Crippen LogP contribution in [0.15, 0.2) is 91.1 Å². The van der Waals surface area contributed by atoms with E-state index in [4.69, 9.17) is 0 Å². The Kier molecular flexibility index (Phi) is 5.80. The number of fused-ring (bicyclic) bond motifs is 1. The van der Waals surface area contributed by atoms with Gasteiger partial charge in [-0.15, -0.1) is 0 Å². The molecule has 0 atom stereocenters. The SMILES string of the molecule is CN(Cc1ccccc1)c1ccc(NC(=O)C=Cc2cnc3ccccc3n2)cc1. The van der Waals surface area contributed by atoms with E-state index in [0.29, 0.717) is 5.69 Å². The number of benzene rings is 3. The molecule has 0 unspecified atom stereocenters. The van der Waals surface area contributed by atoms with Crippen LogP contribution < -0.4 is 10.2 Å². The summed E-state index contributed by atoms with van der Waals surface area (Å²) in [5, 5.41) is 2.87. The van der Waals surface area contributed by atoms with E-state index in [2.05, 4.69) is 32.3 Å². The third-order valence-electron chi connectivity index (χ3n) is 4.71. The van der Waals surface area contributed by atoms with Gasteiger partial charge in [0.25, 0.3) is 0 Å². The van der Waals surface area contributed by atoms with E-state index in [1.54, 1.807) is 12.3 Å². The smallest absolute Gasteiger partial charge is 0.248 e. The largest absolute Gasteiger partial charge is 0.370 e. The molecule has 0 spiro atoms. The molecule has 4 rings (SSSR count). The molecule has 30 heavy (non-hydrogen) atoms. The van der Waals surface area contributed by atoms with Crippen molar-refractivity contribution in [3.8, 4) is 0 Å². The normalized spacial score (nSPS) is 11.0. The van der Waals surface area contributed by atoms with Crippen LogP contribution in [0.1, 0.15) is 11.3 Å². The topological polar surface area (TPSA) is 58.1 Å². The van der Waals surface area contributed by atoms with Crippen molar-refractivity contribution in [1.82, 2.24) is 9.97 Å². The number of amides is 1. The molecular weight excluding hydrogens is 372 g/mol. The van der Waals surface area contributed by atoms with Crippen molar-refractivity contribution < 1.29 is 4.79 Å². The van der Waals surface area contributed by atoms with Crippen LogP contribution in [0.2, 0.25) is 0 Å². The first kappa shape index (κ1) is 19.3. The minimum Gasteiger partial charge on any atom is -0.370 e. The van der Waals surface area contributed by atoms with Gasteiger partial charge in [-0.2, -0.15) is 0 Å². The minimum atomic E-state index is -0.213. The predicted octanol–water partition coefficient (Wildman–Crippen LogP) is 4.92. The minimum absolute atomic E-state index is 0.213. The Bertz CT molecular complexity index is 1170. The number of anilines is 2. The van der Waals surface area contributed by atoms with Crippen LogP contribution in [0.4, 0.5) is 11.4 Å². The molecular formula is C25H22N4O. The number of hydrogen-bond acceptors (Lipinski definition) is 4. The third-order valence-corrected chi connectivity index (χ3v) is 4.71. The molecule has 0 aliphatic heterocycles. The number of hydrogen-bond donors (Lipinski definition) is 1. The van der Waals surface area contributed by atoms with E-state index in [-0.39, 0.29) is 5.91 Å². The van der Waals surface area contributed by atoms with E-state index in [0.717, 1.165) is 29.0 Å². The summed E-state index contributed by atoms with van der Waals surface area (Å²) >= 11 is 0. The van der Waals surface area contributed by atoms with Gasteiger partial charge in [-0.1, -0.05) is 42.5 Å². The van der Waals surface area contributed by atoms with E-state index in [1.807, 2.05) is 73.8 Å². The summed E-state index contributed by atoms with van der Waals surface area (Å²) in [5.41, 5.74) is 5.35. The maximum absolute atomic E-state index is 12.3. The lowest BCUT2D eigenvalue weighted by atomic mass is 10.2. The van der Waals surface area contributed by atoms with Crippen LogP contribution in [0.5, 0.6) is 0 Å². The fourth-order valence-electron chi connectivity index (χ4n) is 3.14. The Balaban J connectivity index is 1.36. The molecule has 3 aromatic carbocycles. The van der Waals surface area contributed by atoms with Gasteiger partial charge in [0.2, 0.25) is 5.91 Å². The van der Waals surface area contributed by atoms with Gasteiger partial charge >= 0.3 is 0 Å². The number of para-hydroxylation sites is 2. The number of carbonyl (C=O) groups excluding carboxylic acids is 1. The van der Waals surface area contributed by atoms with Crippen molar-refractivity contribution in [2.75, 3.05) is 17.3 Å². The van der Waals surface area contributed by atoms with Crippen LogP contribution in [0.3, 0.4) is 0 Å². The lowest BCUT2D eigenvalue weighted by Crippen LogP contribution is -2.16. The first-order valence-corrected chi connectivity index (χ1v) is 9.73. The fourth-order valence-corrected chi connectivity index (χ4v) is 3.14. The lowest BCUT2D eigenvalue weighted by Gasteiger charge is -2.19. The van der Waals surface area contributed by atoms with Crippen molar-refractivity contribution in [2.45, 2.75) is 6.54 Å². The highest BCUT2D eigenvalue weighted by molar-refractivity contribution is 6.01. The number of aromatic nitrogens is 2. The van der Waals surface area contributed by atoms with Gasteiger partial charge in [-0.3, -0.25) is 9.78 Å². The summed E-state index contributed by atoms with van der Waals surface area (Å²) in [6, 6.07) is 25.8. The van der Waals surface area contributed by atoms with Gasteiger partial charge in [0, 0.05) is 31.0 Å². The van der Waals surface area contributed by atoms with E-state index < -0.39 is 0 Å². The van der Waals surface area contributed by atoms with E-state index in [9.17, 15) is 4.79 Å². The molecule has 5 nitrogen and oxygen atoms in total. The van der Waals surface area contributed by atoms with Gasteiger partial charge in [-0.05, 0) is 48.0 Å². The molecule has 1 aromatic heterocycles. The maximum atomic E-state index is 12.3. The van der Waals surface area contributed by atoms with Crippen LogP contribution >= 0.6 is 0 Å². The Labute approximate surface area is 175 Å². The average Bonchev–Trinajstić information content (AvgIpc) is 2.79. The zero-order chi connectivity index (χ0) is 20.8. The molecule has 1 amide bonds.